The van der Waals surface area contributed by atoms with E-state index in [2.05, 4.69) is 20.5 Å². The fourth-order valence-corrected chi connectivity index (χ4v) is 3.79. The van der Waals surface area contributed by atoms with Gasteiger partial charge in [-0.1, -0.05) is 23.7 Å². The van der Waals surface area contributed by atoms with Crippen molar-refractivity contribution in [2.24, 2.45) is 0 Å². The average Bonchev–Trinajstić information content (AvgIpc) is 3.48. The number of pyridine rings is 1. The third kappa shape index (κ3) is 3.62. The normalized spacial score (nSPS) is 11.2. The molecule has 3 heterocycles. The van der Waals surface area contributed by atoms with Gasteiger partial charge in [0.25, 0.3) is 5.91 Å². The number of aromatic hydroxyl groups is 1. The molecule has 10 nitrogen and oxygen atoms in total. The molecule has 1 amide bonds. The summed E-state index contributed by atoms with van der Waals surface area (Å²) >= 11 is 6.08. The van der Waals surface area contributed by atoms with Crippen LogP contribution in [-0.4, -0.2) is 53.0 Å². The zero-order chi connectivity index (χ0) is 23.1. The standard InChI is InChI=1S/C22H15ClN6O4/c23-14-2-1-3-15(7-14)28-10-13(8-26-28)12-4-5-16-17(6-12)21-25-11-27-29(21)19(20(16)32)22(33)24-9-18(30)31/h1-8,10-11,32H,9H2,(H,24,33)(H,30,31). The Kier molecular flexibility index (Phi) is 4.91. The Morgan fingerprint density at radius 3 is 2.70 bits per heavy atom. The lowest BCUT2D eigenvalue weighted by molar-refractivity contribution is -0.135. The summed E-state index contributed by atoms with van der Waals surface area (Å²) in [5, 5.41) is 31.9. The highest BCUT2D eigenvalue weighted by Crippen LogP contribution is 2.34. The van der Waals surface area contributed by atoms with Crippen molar-refractivity contribution in [2.45, 2.75) is 0 Å². The van der Waals surface area contributed by atoms with Gasteiger partial charge in [-0.3, -0.25) is 9.59 Å². The van der Waals surface area contributed by atoms with Crippen LogP contribution in [0.25, 0.3) is 33.2 Å². The summed E-state index contributed by atoms with van der Waals surface area (Å²) < 4.78 is 2.89. The smallest absolute Gasteiger partial charge is 0.322 e. The summed E-state index contributed by atoms with van der Waals surface area (Å²) in [6.07, 6.45) is 4.81. The van der Waals surface area contributed by atoms with Crippen molar-refractivity contribution in [1.29, 1.82) is 0 Å². The lowest BCUT2D eigenvalue weighted by atomic mass is 10.0. The van der Waals surface area contributed by atoms with E-state index in [9.17, 15) is 14.7 Å². The molecule has 0 atom stereocenters. The molecule has 0 fully saturated rings. The van der Waals surface area contributed by atoms with Crippen molar-refractivity contribution in [3.8, 4) is 22.6 Å². The SMILES string of the molecule is O=C(O)CNC(=O)c1c(O)c2ccc(-c3cnn(-c4cccc(Cl)c4)c3)cc2c2ncnn12. The van der Waals surface area contributed by atoms with Gasteiger partial charge in [-0.25, -0.2) is 14.2 Å². The van der Waals surface area contributed by atoms with E-state index in [1.54, 1.807) is 35.1 Å². The fraction of sp³-hybridized carbons (Fsp3) is 0.0455. The second-order valence-corrected chi connectivity index (χ2v) is 7.62. The predicted molar refractivity (Wildman–Crippen MR) is 120 cm³/mol. The molecule has 0 aliphatic rings. The number of aromatic nitrogens is 5. The lowest BCUT2D eigenvalue weighted by Gasteiger charge is -2.11. The van der Waals surface area contributed by atoms with Crippen molar-refractivity contribution < 1.29 is 19.8 Å². The number of hydrogen-bond acceptors (Lipinski definition) is 6. The van der Waals surface area contributed by atoms with Gasteiger partial charge in [-0.15, -0.1) is 0 Å². The van der Waals surface area contributed by atoms with Crippen molar-refractivity contribution in [3.63, 3.8) is 0 Å². The third-order valence-corrected chi connectivity index (χ3v) is 5.34. The number of aliphatic carboxylic acids is 1. The number of rotatable bonds is 5. The molecule has 5 rings (SSSR count). The van der Waals surface area contributed by atoms with Crippen molar-refractivity contribution in [3.05, 3.63) is 71.9 Å². The first kappa shape index (κ1) is 20.5. The Bertz CT molecular complexity index is 1560. The van der Waals surface area contributed by atoms with Gasteiger partial charge < -0.3 is 15.5 Å². The highest BCUT2D eigenvalue weighted by molar-refractivity contribution is 6.30. The molecule has 3 aromatic heterocycles. The summed E-state index contributed by atoms with van der Waals surface area (Å²) in [5.74, 6) is -2.31. The fourth-order valence-electron chi connectivity index (χ4n) is 3.61. The minimum Gasteiger partial charge on any atom is -0.505 e. The predicted octanol–water partition coefficient (Wildman–Crippen LogP) is 2.91. The second-order valence-electron chi connectivity index (χ2n) is 7.18. The highest BCUT2D eigenvalue weighted by atomic mass is 35.5. The van der Waals surface area contributed by atoms with Crippen LogP contribution in [0.15, 0.2) is 61.2 Å². The number of benzene rings is 2. The molecule has 5 aromatic rings. The Labute approximate surface area is 190 Å². The van der Waals surface area contributed by atoms with Crippen LogP contribution in [-0.2, 0) is 4.79 Å². The van der Waals surface area contributed by atoms with Gasteiger partial charge in [0.05, 0.1) is 11.9 Å². The van der Waals surface area contributed by atoms with E-state index >= 15 is 0 Å². The van der Waals surface area contributed by atoms with Crippen LogP contribution in [0.2, 0.25) is 5.02 Å². The molecule has 0 radical (unpaired) electrons. The van der Waals surface area contributed by atoms with Crippen molar-refractivity contribution >= 4 is 39.9 Å². The van der Waals surface area contributed by atoms with Crippen LogP contribution in [0, 0.1) is 0 Å². The van der Waals surface area contributed by atoms with Gasteiger partial charge in [0.15, 0.2) is 17.1 Å². The molecule has 0 aliphatic carbocycles. The van der Waals surface area contributed by atoms with E-state index in [1.165, 1.54) is 10.8 Å². The highest BCUT2D eigenvalue weighted by Gasteiger charge is 2.22. The monoisotopic (exact) mass is 462 g/mol. The molecular formula is C22H15ClN6O4. The number of carbonyl (C=O) groups excluding carboxylic acids is 1. The molecule has 33 heavy (non-hydrogen) atoms. The van der Waals surface area contributed by atoms with Gasteiger partial charge in [0.1, 0.15) is 12.9 Å². The number of carbonyl (C=O) groups is 2. The Hall–Kier alpha value is -4.44. The minimum absolute atomic E-state index is 0.197. The van der Waals surface area contributed by atoms with E-state index in [0.717, 1.165) is 16.8 Å². The average molecular weight is 463 g/mol. The van der Waals surface area contributed by atoms with Gasteiger partial charge >= 0.3 is 5.97 Å². The minimum atomic E-state index is -1.21. The van der Waals surface area contributed by atoms with Crippen LogP contribution in [0.5, 0.6) is 5.75 Å². The quantitative estimate of drug-likeness (QED) is 0.365. The molecule has 0 spiro atoms. The molecular weight excluding hydrogens is 448 g/mol. The van der Waals surface area contributed by atoms with E-state index in [0.29, 0.717) is 21.4 Å². The Morgan fingerprint density at radius 1 is 1.06 bits per heavy atom. The van der Waals surface area contributed by atoms with Gasteiger partial charge in [0.2, 0.25) is 0 Å². The van der Waals surface area contributed by atoms with Crippen molar-refractivity contribution in [2.75, 3.05) is 6.54 Å². The van der Waals surface area contributed by atoms with Crippen LogP contribution in [0.3, 0.4) is 0 Å². The molecule has 0 saturated carbocycles. The van der Waals surface area contributed by atoms with E-state index in [-0.39, 0.29) is 11.4 Å². The Morgan fingerprint density at radius 2 is 1.91 bits per heavy atom. The number of nitrogens with one attached hydrogen (secondary N) is 1. The molecule has 0 saturated heterocycles. The molecule has 0 bridgehead atoms. The second kappa shape index (κ2) is 7.92. The zero-order valence-electron chi connectivity index (χ0n) is 16.8. The summed E-state index contributed by atoms with van der Waals surface area (Å²) in [6, 6.07) is 12.6. The van der Waals surface area contributed by atoms with Gasteiger partial charge in [0, 0.05) is 27.6 Å². The molecule has 11 heteroatoms. The maximum absolute atomic E-state index is 12.5. The third-order valence-electron chi connectivity index (χ3n) is 5.10. The number of hydrogen-bond donors (Lipinski definition) is 3. The Balaban J connectivity index is 1.60. The summed E-state index contributed by atoms with van der Waals surface area (Å²) in [4.78, 5) is 27.6. The number of halogens is 1. The molecule has 0 unspecified atom stereocenters. The number of nitrogens with zero attached hydrogens (tertiary/aromatic N) is 5. The van der Waals surface area contributed by atoms with Crippen LogP contribution >= 0.6 is 11.6 Å². The summed E-state index contributed by atoms with van der Waals surface area (Å²) in [6.45, 7) is -0.595. The number of carboxylic acids is 1. The van der Waals surface area contributed by atoms with E-state index in [1.807, 2.05) is 24.4 Å². The first-order valence-electron chi connectivity index (χ1n) is 9.72. The zero-order valence-corrected chi connectivity index (χ0v) is 17.6. The van der Waals surface area contributed by atoms with Crippen LogP contribution in [0.4, 0.5) is 0 Å². The first-order chi connectivity index (χ1) is 15.9. The molecule has 2 aromatic carbocycles. The number of fused-ring (bicyclic) bond motifs is 3. The van der Waals surface area contributed by atoms with Gasteiger partial charge in [-0.2, -0.15) is 10.2 Å². The number of carboxylic acid groups (broad SMARTS) is 1. The number of amides is 1. The summed E-state index contributed by atoms with van der Waals surface area (Å²) in [5.41, 5.74) is 2.58. The maximum atomic E-state index is 12.5. The van der Waals surface area contributed by atoms with Crippen LogP contribution in [0.1, 0.15) is 10.5 Å². The van der Waals surface area contributed by atoms with Crippen molar-refractivity contribution in [1.82, 2.24) is 29.7 Å². The van der Waals surface area contributed by atoms with E-state index in [4.69, 9.17) is 16.7 Å². The van der Waals surface area contributed by atoms with Gasteiger partial charge in [-0.05, 0) is 35.9 Å². The topological polar surface area (TPSA) is 135 Å². The molecule has 3 N–H and O–H groups in total. The maximum Gasteiger partial charge on any atom is 0.322 e. The van der Waals surface area contributed by atoms with Crippen LogP contribution < -0.4 is 5.32 Å². The lowest BCUT2D eigenvalue weighted by Crippen LogP contribution is -2.31. The summed E-state index contributed by atoms with van der Waals surface area (Å²) in [7, 11) is 0. The van der Waals surface area contributed by atoms with E-state index < -0.39 is 18.4 Å². The molecule has 164 valence electrons. The largest absolute Gasteiger partial charge is 0.505 e. The molecule has 0 aliphatic heterocycles. The first-order valence-corrected chi connectivity index (χ1v) is 10.1.